The molecule has 1 amide bonds. The lowest BCUT2D eigenvalue weighted by Crippen LogP contribution is -2.24. The molecule has 0 saturated carbocycles. The summed E-state index contributed by atoms with van der Waals surface area (Å²) in [6, 6.07) is 7.28. The van der Waals surface area contributed by atoms with Crippen LogP contribution in [-0.4, -0.2) is 22.4 Å². The third kappa shape index (κ3) is 3.92. The quantitative estimate of drug-likeness (QED) is 0.832. The molecule has 5 nitrogen and oxygen atoms in total. The SMILES string of the molecule is CCCNC(=O)c1ccccc1Nc1nc(Cl)ncc1C. The fourth-order valence-electron chi connectivity index (χ4n) is 1.80. The van der Waals surface area contributed by atoms with Gasteiger partial charge in [-0.1, -0.05) is 19.1 Å². The van der Waals surface area contributed by atoms with E-state index in [0.717, 1.165) is 12.0 Å². The first-order valence-corrected chi connectivity index (χ1v) is 7.13. The highest BCUT2D eigenvalue weighted by Gasteiger charge is 2.12. The number of amides is 1. The van der Waals surface area contributed by atoms with Crippen LogP contribution in [0.5, 0.6) is 0 Å². The van der Waals surface area contributed by atoms with Crippen molar-refractivity contribution < 1.29 is 4.79 Å². The number of aromatic nitrogens is 2. The molecule has 1 heterocycles. The minimum atomic E-state index is -0.113. The molecule has 0 bridgehead atoms. The number of anilines is 2. The lowest BCUT2D eigenvalue weighted by atomic mass is 10.1. The molecule has 21 heavy (non-hydrogen) atoms. The lowest BCUT2D eigenvalue weighted by molar-refractivity contribution is 0.0954. The van der Waals surface area contributed by atoms with Crippen molar-refractivity contribution >= 4 is 29.0 Å². The summed E-state index contributed by atoms with van der Waals surface area (Å²) in [5, 5.41) is 6.17. The number of nitrogens with zero attached hydrogens (tertiary/aromatic N) is 2. The summed E-state index contributed by atoms with van der Waals surface area (Å²) >= 11 is 5.81. The first-order chi connectivity index (χ1) is 10.1. The summed E-state index contributed by atoms with van der Waals surface area (Å²) in [6.45, 7) is 4.53. The summed E-state index contributed by atoms with van der Waals surface area (Å²) in [5.41, 5.74) is 2.10. The average Bonchev–Trinajstić information content (AvgIpc) is 2.49. The molecule has 1 aromatic heterocycles. The van der Waals surface area contributed by atoms with Crippen molar-refractivity contribution in [2.75, 3.05) is 11.9 Å². The van der Waals surface area contributed by atoms with Gasteiger partial charge in [-0.2, -0.15) is 0 Å². The lowest BCUT2D eigenvalue weighted by Gasteiger charge is -2.12. The van der Waals surface area contributed by atoms with Crippen LogP contribution >= 0.6 is 11.6 Å². The van der Waals surface area contributed by atoms with E-state index in [2.05, 4.69) is 20.6 Å². The van der Waals surface area contributed by atoms with E-state index in [1.54, 1.807) is 12.3 Å². The second kappa shape index (κ2) is 7.04. The third-order valence-corrected chi connectivity index (χ3v) is 3.08. The number of rotatable bonds is 5. The molecule has 0 unspecified atom stereocenters. The fourth-order valence-corrected chi connectivity index (χ4v) is 1.93. The smallest absolute Gasteiger partial charge is 0.253 e. The molecule has 0 radical (unpaired) electrons. The van der Waals surface area contributed by atoms with Crippen LogP contribution in [0.1, 0.15) is 29.3 Å². The van der Waals surface area contributed by atoms with E-state index < -0.39 is 0 Å². The topological polar surface area (TPSA) is 66.9 Å². The van der Waals surface area contributed by atoms with Crippen LogP contribution in [0.4, 0.5) is 11.5 Å². The highest BCUT2D eigenvalue weighted by atomic mass is 35.5. The van der Waals surface area contributed by atoms with Crippen molar-refractivity contribution in [3.63, 3.8) is 0 Å². The first-order valence-electron chi connectivity index (χ1n) is 6.75. The van der Waals surface area contributed by atoms with Crippen molar-refractivity contribution in [2.24, 2.45) is 0 Å². The van der Waals surface area contributed by atoms with Gasteiger partial charge in [0.2, 0.25) is 5.28 Å². The molecular formula is C15H17ClN4O. The van der Waals surface area contributed by atoms with Crippen molar-refractivity contribution in [1.82, 2.24) is 15.3 Å². The monoisotopic (exact) mass is 304 g/mol. The normalized spacial score (nSPS) is 10.2. The molecule has 0 spiro atoms. The molecule has 0 fully saturated rings. The predicted molar refractivity (Wildman–Crippen MR) is 84.1 cm³/mol. The minimum absolute atomic E-state index is 0.113. The number of halogens is 1. The summed E-state index contributed by atoms with van der Waals surface area (Å²) in [4.78, 5) is 20.2. The van der Waals surface area contributed by atoms with Gasteiger partial charge >= 0.3 is 0 Å². The van der Waals surface area contributed by atoms with Gasteiger partial charge in [0, 0.05) is 18.3 Å². The molecule has 6 heteroatoms. The maximum Gasteiger partial charge on any atom is 0.253 e. The summed E-state index contributed by atoms with van der Waals surface area (Å²) in [5.74, 6) is 0.475. The molecule has 110 valence electrons. The van der Waals surface area contributed by atoms with Crippen molar-refractivity contribution in [2.45, 2.75) is 20.3 Å². The number of nitrogens with one attached hydrogen (secondary N) is 2. The molecule has 2 N–H and O–H groups in total. The maximum absolute atomic E-state index is 12.2. The highest BCUT2D eigenvalue weighted by Crippen LogP contribution is 2.22. The van der Waals surface area contributed by atoms with Gasteiger partial charge in [0.05, 0.1) is 11.3 Å². The van der Waals surface area contributed by atoms with Crippen LogP contribution in [-0.2, 0) is 0 Å². The highest BCUT2D eigenvalue weighted by molar-refractivity contribution is 6.28. The molecule has 0 atom stereocenters. The second-order valence-electron chi connectivity index (χ2n) is 4.60. The standard InChI is InChI=1S/C15H17ClN4O/c1-3-8-17-14(21)11-6-4-5-7-12(11)19-13-10(2)9-18-15(16)20-13/h4-7,9H,3,8H2,1-2H3,(H,17,21)(H,18,19,20). The number of benzene rings is 1. The molecule has 0 aliphatic rings. The van der Waals surface area contributed by atoms with Gasteiger partial charge in [0.25, 0.3) is 5.91 Å². The van der Waals surface area contributed by atoms with E-state index in [1.165, 1.54) is 0 Å². The van der Waals surface area contributed by atoms with Gasteiger partial charge in [0.1, 0.15) is 5.82 Å². The third-order valence-electron chi connectivity index (χ3n) is 2.90. The van der Waals surface area contributed by atoms with Crippen LogP contribution in [0.3, 0.4) is 0 Å². The molecule has 0 aliphatic heterocycles. The number of aryl methyl sites for hydroxylation is 1. The summed E-state index contributed by atoms with van der Waals surface area (Å²) in [6.07, 6.45) is 2.53. The number of carbonyl (C=O) groups excluding carboxylic acids is 1. The zero-order valence-corrected chi connectivity index (χ0v) is 12.7. The number of carbonyl (C=O) groups is 1. The van der Waals surface area contributed by atoms with Gasteiger partial charge in [-0.15, -0.1) is 0 Å². The largest absolute Gasteiger partial charge is 0.352 e. The molecule has 2 rings (SSSR count). The Balaban J connectivity index is 2.28. The van der Waals surface area contributed by atoms with E-state index in [0.29, 0.717) is 23.6 Å². The van der Waals surface area contributed by atoms with Crippen molar-refractivity contribution in [1.29, 1.82) is 0 Å². The van der Waals surface area contributed by atoms with Crippen molar-refractivity contribution in [3.05, 3.63) is 46.9 Å². The van der Waals surface area contributed by atoms with Crippen LogP contribution in [0, 0.1) is 6.92 Å². The van der Waals surface area contributed by atoms with Gasteiger partial charge in [0.15, 0.2) is 0 Å². The summed E-state index contributed by atoms with van der Waals surface area (Å²) in [7, 11) is 0. The van der Waals surface area contributed by atoms with Gasteiger partial charge in [-0.05, 0) is 37.1 Å². The van der Waals surface area contributed by atoms with Gasteiger partial charge in [-0.25, -0.2) is 9.97 Å². The Morgan fingerprint density at radius 3 is 2.86 bits per heavy atom. The Hall–Kier alpha value is -2.14. The van der Waals surface area contributed by atoms with E-state index in [-0.39, 0.29) is 11.2 Å². The Bertz CT molecular complexity index is 645. The van der Waals surface area contributed by atoms with E-state index in [1.807, 2.05) is 32.0 Å². The van der Waals surface area contributed by atoms with E-state index >= 15 is 0 Å². The van der Waals surface area contributed by atoms with Crippen LogP contribution < -0.4 is 10.6 Å². The Morgan fingerprint density at radius 2 is 2.10 bits per heavy atom. The minimum Gasteiger partial charge on any atom is -0.352 e. The maximum atomic E-state index is 12.2. The molecule has 1 aromatic carbocycles. The fraction of sp³-hybridized carbons (Fsp3) is 0.267. The molecule has 2 aromatic rings. The second-order valence-corrected chi connectivity index (χ2v) is 4.94. The number of para-hydroxylation sites is 1. The van der Waals surface area contributed by atoms with Crippen LogP contribution in [0.15, 0.2) is 30.5 Å². The zero-order chi connectivity index (χ0) is 15.2. The zero-order valence-electron chi connectivity index (χ0n) is 12.0. The van der Waals surface area contributed by atoms with E-state index in [4.69, 9.17) is 11.6 Å². The molecule has 0 saturated heterocycles. The van der Waals surface area contributed by atoms with Gasteiger partial charge in [-0.3, -0.25) is 4.79 Å². The van der Waals surface area contributed by atoms with Gasteiger partial charge < -0.3 is 10.6 Å². The van der Waals surface area contributed by atoms with Crippen LogP contribution in [0.2, 0.25) is 5.28 Å². The average molecular weight is 305 g/mol. The Labute approximate surface area is 128 Å². The first kappa shape index (κ1) is 15.3. The van der Waals surface area contributed by atoms with E-state index in [9.17, 15) is 4.79 Å². The Kier molecular flexibility index (Phi) is 5.11. The number of hydrogen-bond donors (Lipinski definition) is 2. The molecule has 0 aliphatic carbocycles. The predicted octanol–water partition coefficient (Wildman–Crippen LogP) is 3.32. The van der Waals surface area contributed by atoms with Crippen molar-refractivity contribution in [3.8, 4) is 0 Å². The number of hydrogen-bond acceptors (Lipinski definition) is 4. The van der Waals surface area contributed by atoms with Crippen LogP contribution in [0.25, 0.3) is 0 Å². The molecular weight excluding hydrogens is 288 g/mol. The summed E-state index contributed by atoms with van der Waals surface area (Å²) < 4.78 is 0. The Morgan fingerprint density at radius 1 is 1.33 bits per heavy atom.